The van der Waals surface area contributed by atoms with E-state index in [1.807, 2.05) is 0 Å². The third-order valence-electron chi connectivity index (χ3n) is 1.56. The van der Waals surface area contributed by atoms with Crippen molar-refractivity contribution >= 4 is 5.97 Å². The maximum atomic E-state index is 10.4. The average molecular weight is 194 g/mol. The number of hydrogen-bond acceptors (Lipinski definition) is 2. The zero-order chi connectivity index (χ0) is 11.0. The first-order valence-electron chi connectivity index (χ1n) is 4.67. The molecule has 0 amide bonds. The van der Waals surface area contributed by atoms with E-state index in [9.17, 15) is 4.79 Å². The summed E-state index contributed by atoms with van der Waals surface area (Å²) in [5, 5.41) is 0. The molecule has 78 valence electrons. The molecular weight excluding hydrogens is 176 g/mol. The van der Waals surface area contributed by atoms with Crippen LogP contribution >= 0.6 is 0 Å². The molecule has 0 aliphatic heterocycles. The second kappa shape index (κ2) is 7.13. The Labute approximate surface area is 86.0 Å². The summed E-state index contributed by atoms with van der Waals surface area (Å²) in [6.45, 7) is 9.35. The summed E-state index contributed by atoms with van der Waals surface area (Å²) >= 11 is 0. The SMILES string of the molecule is C=C(C=COC(C)=O)CCC=C(C)C. The molecule has 0 spiro atoms. The normalized spacial score (nSPS) is 9.93. The number of carbonyl (C=O) groups is 1. The Morgan fingerprint density at radius 3 is 2.50 bits per heavy atom. The molecule has 0 bridgehead atoms. The van der Waals surface area contributed by atoms with Crippen LogP contribution in [0.15, 0.2) is 36.1 Å². The highest BCUT2D eigenvalue weighted by Gasteiger charge is 1.89. The molecule has 0 atom stereocenters. The highest BCUT2D eigenvalue weighted by atomic mass is 16.5. The Morgan fingerprint density at radius 1 is 1.36 bits per heavy atom. The van der Waals surface area contributed by atoms with Crippen LogP contribution in [0.2, 0.25) is 0 Å². The van der Waals surface area contributed by atoms with Crippen molar-refractivity contribution in [3.05, 3.63) is 36.1 Å². The molecule has 0 fully saturated rings. The van der Waals surface area contributed by atoms with E-state index in [4.69, 9.17) is 0 Å². The number of hydrogen-bond donors (Lipinski definition) is 0. The van der Waals surface area contributed by atoms with Crippen LogP contribution in [-0.4, -0.2) is 5.97 Å². The van der Waals surface area contributed by atoms with Gasteiger partial charge in [0.15, 0.2) is 0 Å². The Morgan fingerprint density at radius 2 is 2.00 bits per heavy atom. The van der Waals surface area contributed by atoms with E-state index in [0.717, 1.165) is 18.4 Å². The first kappa shape index (κ1) is 12.7. The number of esters is 1. The van der Waals surface area contributed by atoms with Crippen molar-refractivity contribution in [1.82, 2.24) is 0 Å². The summed E-state index contributed by atoms with van der Waals surface area (Å²) in [4.78, 5) is 10.4. The maximum Gasteiger partial charge on any atom is 0.307 e. The Bertz CT molecular complexity index is 255. The first-order chi connectivity index (χ1) is 6.52. The predicted molar refractivity (Wildman–Crippen MR) is 58.7 cm³/mol. The third kappa shape index (κ3) is 8.78. The molecular formula is C12H18O2. The highest BCUT2D eigenvalue weighted by molar-refractivity contribution is 5.66. The standard InChI is InChI=1S/C12H18O2/c1-10(2)6-5-7-11(3)8-9-14-12(4)13/h6,8-9H,3,5,7H2,1-2,4H3. The van der Waals surface area contributed by atoms with E-state index in [-0.39, 0.29) is 5.97 Å². The second-order valence-electron chi connectivity index (χ2n) is 3.39. The van der Waals surface area contributed by atoms with E-state index >= 15 is 0 Å². The molecule has 14 heavy (non-hydrogen) atoms. The number of carbonyl (C=O) groups excluding carboxylic acids is 1. The minimum absolute atomic E-state index is 0.307. The minimum atomic E-state index is -0.307. The molecule has 0 saturated heterocycles. The lowest BCUT2D eigenvalue weighted by molar-refractivity contribution is -0.135. The number of ether oxygens (including phenoxy) is 1. The smallest absolute Gasteiger partial charge is 0.307 e. The van der Waals surface area contributed by atoms with Crippen LogP contribution in [0.1, 0.15) is 33.6 Å². The third-order valence-corrected chi connectivity index (χ3v) is 1.56. The quantitative estimate of drug-likeness (QED) is 0.290. The van der Waals surface area contributed by atoms with Crippen LogP contribution in [-0.2, 0) is 9.53 Å². The van der Waals surface area contributed by atoms with Crippen molar-refractivity contribution in [3.8, 4) is 0 Å². The summed E-state index contributed by atoms with van der Waals surface area (Å²) in [7, 11) is 0. The van der Waals surface area contributed by atoms with Gasteiger partial charge in [0.25, 0.3) is 0 Å². The molecule has 2 nitrogen and oxygen atoms in total. The van der Waals surface area contributed by atoms with Crippen molar-refractivity contribution < 1.29 is 9.53 Å². The van der Waals surface area contributed by atoms with Crippen LogP contribution in [0, 0.1) is 0 Å². The largest absolute Gasteiger partial charge is 0.435 e. The number of allylic oxidation sites excluding steroid dienone is 4. The van der Waals surface area contributed by atoms with Crippen LogP contribution in [0.5, 0.6) is 0 Å². The average Bonchev–Trinajstić information content (AvgIpc) is 2.02. The molecule has 0 heterocycles. The summed E-state index contributed by atoms with van der Waals surface area (Å²) in [5.74, 6) is -0.307. The fourth-order valence-corrected chi connectivity index (χ4v) is 0.856. The van der Waals surface area contributed by atoms with Gasteiger partial charge in [-0.25, -0.2) is 0 Å². The van der Waals surface area contributed by atoms with Crippen LogP contribution in [0.25, 0.3) is 0 Å². The minimum Gasteiger partial charge on any atom is -0.435 e. The van der Waals surface area contributed by atoms with Crippen molar-refractivity contribution in [1.29, 1.82) is 0 Å². The lowest BCUT2D eigenvalue weighted by Crippen LogP contribution is -1.89. The van der Waals surface area contributed by atoms with Gasteiger partial charge >= 0.3 is 5.97 Å². The van der Waals surface area contributed by atoms with Crippen molar-refractivity contribution in [2.75, 3.05) is 0 Å². The van der Waals surface area contributed by atoms with Gasteiger partial charge in [0.1, 0.15) is 0 Å². The second-order valence-corrected chi connectivity index (χ2v) is 3.39. The van der Waals surface area contributed by atoms with E-state index in [1.165, 1.54) is 18.8 Å². The topological polar surface area (TPSA) is 26.3 Å². The van der Waals surface area contributed by atoms with Gasteiger partial charge < -0.3 is 4.74 Å². The first-order valence-corrected chi connectivity index (χ1v) is 4.67. The Balaban J connectivity index is 3.71. The van der Waals surface area contributed by atoms with Gasteiger partial charge in [0.05, 0.1) is 6.26 Å². The highest BCUT2D eigenvalue weighted by Crippen LogP contribution is 2.06. The van der Waals surface area contributed by atoms with E-state index in [0.29, 0.717) is 0 Å². The van der Waals surface area contributed by atoms with Crippen LogP contribution in [0.4, 0.5) is 0 Å². The molecule has 0 aliphatic carbocycles. The molecule has 0 N–H and O–H groups in total. The van der Waals surface area contributed by atoms with Gasteiger partial charge in [-0.15, -0.1) is 0 Å². The van der Waals surface area contributed by atoms with E-state index < -0.39 is 0 Å². The fourth-order valence-electron chi connectivity index (χ4n) is 0.856. The van der Waals surface area contributed by atoms with Crippen molar-refractivity contribution in [2.45, 2.75) is 33.6 Å². The zero-order valence-corrected chi connectivity index (χ0v) is 9.17. The lowest BCUT2D eigenvalue weighted by Gasteiger charge is -1.97. The van der Waals surface area contributed by atoms with Crippen LogP contribution in [0.3, 0.4) is 0 Å². The molecule has 0 rings (SSSR count). The lowest BCUT2D eigenvalue weighted by atomic mass is 10.1. The molecule has 0 aliphatic rings. The van der Waals surface area contributed by atoms with Gasteiger partial charge in [0.2, 0.25) is 0 Å². The van der Waals surface area contributed by atoms with Crippen molar-refractivity contribution in [3.63, 3.8) is 0 Å². The molecule has 0 radical (unpaired) electrons. The maximum absolute atomic E-state index is 10.4. The monoisotopic (exact) mass is 194 g/mol. The molecule has 0 saturated carbocycles. The van der Waals surface area contributed by atoms with Crippen LogP contribution < -0.4 is 0 Å². The van der Waals surface area contributed by atoms with Gasteiger partial charge in [-0.1, -0.05) is 23.8 Å². The zero-order valence-electron chi connectivity index (χ0n) is 9.17. The van der Waals surface area contributed by atoms with E-state index in [2.05, 4.69) is 31.2 Å². The molecule has 2 heteroatoms. The van der Waals surface area contributed by atoms with E-state index in [1.54, 1.807) is 6.08 Å². The summed E-state index contributed by atoms with van der Waals surface area (Å²) < 4.78 is 4.64. The van der Waals surface area contributed by atoms with Gasteiger partial charge in [0, 0.05) is 6.92 Å². The van der Waals surface area contributed by atoms with Crippen molar-refractivity contribution in [2.24, 2.45) is 0 Å². The fraction of sp³-hybridized carbons (Fsp3) is 0.417. The number of rotatable bonds is 5. The van der Waals surface area contributed by atoms with Gasteiger partial charge in [-0.05, 0) is 32.8 Å². The summed E-state index contributed by atoms with van der Waals surface area (Å²) in [5.41, 5.74) is 2.27. The molecule has 0 aromatic carbocycles. The molecule has 0 unspecified atom stereocenters. The molecule has 0 aromatic rings. The Hall–Kier alpha value is -1.31. The Kier molecular flexibility index (Phi) is 6.46. The summed E-state index contributed by atoms with van der Waals surface area (Å²) in [6, 6.07) is 0. The van der Waals surface area contributed by atoms with Gasteiger partial charge in [-0.2, -0.15) is 0 Å². The summed E-state index contributed by atoms with van der Waals surface area (Å²) in [6.07, 6.45) is 7.13. The predicted octanol–water partition coefficient (Wildman–Crippen LogP) is 3.37. The van der Waals surface area contributed by atoms with Gasteiger partial charge in [-0.3, -0.25) is 4.79 Å². The molecule has 0 aromatic heterocycles.